The topological polar surface area (TPSA) is 60.9 Å². The van der Waals surface area contributed by atoms with Crippen LogP contribution in [0.4, 0.5) is 0 Å². The van der Waals surface area contributed by atoms with E-state index in [0.717, 1.165) is 5.56 Å². The highest BCUT2D eigenvalue weighted by molar-refractivity contribution is 5.89. The molecule has 6 heteroatoms. The van der Waals surface area contributed by atoms with Crippen LogP contribution in [0.3, 0.4) is 0 Å². The minimum atomic E-state index is -0.578. The Morgan fingerprint density at radius 2 is 1.19 bits per heavy atom. The van der Waals surface area contributed by atoms with Crippen LogP contribution in [0, 0.1) is 0 Å². The van der Waals surface area contributed by atoms with E-state index >= 15 is 0 Å². The van der Waals surface area contributed by atoms with Gasteiger partial charge in [0.15, 0.2) is 0 Å². The molecule has 140 valence electrons. The third-order valence-electron chi connectivity index (χ3n) is 5.81. The third-order valence-corrected chi connectivity index (χ3v) is 5.81. The average Bonchev–Trinajstić information content (AvgIpc) is 2.68. The van der Waals surface area contributed by atoms with Crippen LogP contribution < -0.4 is 0 Å². The lowest BCUT2D eigenvalue weighted by molar-refractivity contribution is -0.146. The van der Waals surface area contributed by atoms with Crippen molar-refractivity contribution in [3.8, 4) is 0 Å². The molecule has 26 heavy (non-hydrogen) atoms. The Kier molecular flexibility index (Phi) is 5.30. The first-order valence-corrected chi connectivity index (χ1v) is 9.30. The summed E-state index contributed by atoms with van der Waals surface area (Å²) in [6.07, 6.45) is 1.28. The van der Waals surface area contributed by atoms with Crippen LogP contribution in [0.25, 0.3) is 0 Å². The number of hydrogen-bond acceptors (Lipinski definition) is 3. The zero-order valence-electron chi connectivity index (χ0n) is 15.6. The first kappa shape index (κ1) is 18.4. The fourth-order valence-electron chi connectivity index (χ4n) is 4.11. The summed E-state index contributed by atoms with van der Waals surface area (Å²) in [5.74, 6) is 0.258. The SMILES string of the molecule is CC(=O)N1CCN(C(=O)C2(c3ccccc3)CCN(C(C)=O)CC2)CC1. The summed E-state index contributed by atoms with van der Waals surface area (Å²) in [6.45, 7) is 6.68. The maximum absolute atomic E-state index is 13.5. The summed E-state index contributed by atoms with van der Waals surface area (Å²) in [7, 11) is 0. The van der Waals surface area contributed by atoms with Gasteiger partial charge < -0.3 is 14.7 Å². The Morgan fingerprint density at radius 1 is 0.731 bits per heavy atom. The highest BCUT2D eigenvalue weighted by Crippen LogP contribution is 2.37. The van der Waals surface area contributed by atoms with Crippen LogP contribution in [0.5, 0.6) is 0 Å². The number of piperazine rings is 1. The molecule has 1 aromatic rings. The van der Waals surface area contributed by atoms with Crippen molar-refractivity contribution in [1.82, 2.24) is 14.7 Å². The molecule has 0 spiro atoms. The maximum atomic E-state index is 13.5. The molecular weight excluding hydrogens is 330 g/mol. The van der Waals surface area contributed by atoms with Crippen LogP contribution in [0.15, 0.2) is 30.3 Å². The number of nitrogens with zero attached hydrogens (tertiary/aromatic N) is 3. The van der Waals surface area contributed by atoms with Gasteiger partial charge in [-0.05, 0) is 18.4 Å². The average molecular weight is 357 g/mol. The molecule has 2 aliphatic rings. The van der Waals surface area contributed by atoms with E-state index in [1.54, 1.807) is 18.7 Å². The van der Waals surface area contributed by atoms with Crippen LogP contribution in [-0.4, -0.2) is 71.7 Å². The molecule has 0 aromatic heterocycles. The third kappa shape index (κ3) is 3.45. The molecule has 0 radical (unpaired) electrons. The number of amides is 3. The van der Waals surface area contributed by atoms with Gasteiger partial charge in [0.25, 0.3) is 0 Å². The number of benzene rings is 1. The van der Waals surface area contributed by atoms with E-state index in [1.807, 2.05) is 40.1 Å². The molecule has 0 unspecified atom stereocenters. The first-order valence-electron chi connectivity index (χ1n) is 9.30. The van der Waals surface area contributed by atoms with E-state index < -0.39 is 5.41 Å². The zero-order valence-corrected chi connectivity index (χ0v) is 15.6. The lowest BCUT2D eigenvalue weighted by Crippen LogP contribution is -2.58. The zero-order chi connectivity index (χ0) is 18.7. The van der Waals surface area contributed by atoms with Crippen molar-refractivity contribution >= 4 is 17.7 Å². The number of carbonyl (C=O) groups is 3. The molecule has 2 aliphatic heterocycles. The Labute approximate surface area is 154 Å². The summed E-state index contributed by atoms with van der Waals surface area (Å²) in [4.78, 5) is 42.3. The predicted octanol–water partition coefficient (Wildman–Crippen LogP) is 1.26. The molecule has 0 atom stereocenters. The lowest BCUT2D eigenvalue weighted by atomic mass is 9.71. The monoisotopic (exact) mass is 357 g/mol. The predicted molar refractivity (Wildman–Crippen MR) is 98.4 cm³/mol. The summed E-state index contributed by atoms with van der Waals surface area (Å²) in [6, 6.07) is 9.93. The molecule has 0 saturated carbocycles. The first-order chi connectivity index (χ1) is 12.4. The summed E-state index contributed by atoms with van der Waals surface area (Å²) in [5, 5.41) is 0. The highest BCUT2D eigenvalue weighted by atomic mass is 16.2. The lowest BCUT2D eigenvalue weighted by Gasteiger charge is -2.45. The van der Waals surface area contributed by atoms with Gasteiger partial charge in [0.2, 0.25) is 17.7 Å². The molecule has 2 fully saturated rings. The second kappa shape index (κ2) is 7.48. The fraction of sp³-hybridized carbons (Fsp3) is 0.550. The van der Waals surface area contributed by atoms with Gasteiger partial charge in [-0.15, -0.1) is 0 Å². The summed E-state index contributed by atoms with van der Waals surface area (Å²) >= 11 is 0. The molecule has 1 aromatic carbocycles. The van der Waals surface area contributed by atoms with E-state index in [9.17, 15) is 14.4 Å². The van der Waals surface area contributed by atoms with E-state index in [4.69, 9.17) is 0 Å². The quantitative estimate of drug-likeness (QED) is 0.801. The second-order valence-corrected chi connectivity index (χ2v) is 7.25. The highest BCUT2D eigenvalue weighted by Gasteiger charge is 2.45. The van der Waals surface area contributed by atoms with Gasteiger partial charge in [-0.2, -0.15) is 0 Å². The summed E-state index contributed by atoms with van der Waals surface area (Å²) < 4.78 is 0. The van der Waals surface area contributed by atoms with Crippen molar-refractivity contribution in [2.24, 2.45) is 0 Å². The van der Waals surface area contributed by atoms with Crippen molar-refractivity contribution < 1.29 is 14.4 Å². The van der Waals surface area contributed by atoms with Crippen LogP contribution in [-0.2, 0) is 19.8 Å². The normalized spacial score (nSPS) is 20.0. The van der Waals surface area contributed by atoms with Crippen molar-refractivity contribution in [2.45, 2.75) is 32.1 Å². The van der Waals surface area contributed by atoms with E-state index in [0.29, 0.717) is 52.1 Å². The molecule has 3 amide bonds. The smallest absolute Gasteiger partial charge is 0.233 e. The van der Waals surface area contributed by atoms with E-state index in [-0.39, 0.29) is 17.7 Å². The number of carbonyl (C=O) groups excluding carboxylic acids is 3. The Hall–Kier alpha value is -2.37. The number of likely N-dealkylation sites (tertiary alicyclic amines) is 1. The Bertz CT molecular complexity index is 673. The molecule has 0 bridgehead atoms. The fourth-order valence-corrected chi connectivity index (χ4v) is 4.11. The molecule has 6 nitrogen and oxygen atoms in total. The number of rotatable bonds is 2. The Balaban J connectivity index is 1.82. The van der Waals surface area contributed by atoms with Crippen molar-refractivity contribution in [3.63, 3.8) is 0 Å². The van der Waals surface area contributed by atoms with Gasteiger partial charge in [0.05, 0.1) is 5.41 Å². The largest absolute Gasteiger partial charge is 0.343 e. The molecule has 2 heterocycles. The maximum Gasteiger partial charge on any atom is 0.233 e. The van der Waals surface area contributed by atoms with Crippen LogP contribution >= 0.6 is 0 Å². The van der Waals surface area contributed by atoms with Crippen LogP contribution in [0.1, 0.15) is 32.3 Å². The van der Waals surface area contributed by atoms with Gasteiger partial charge >= 0.3 is 0 Å². The number of hydrogen-bond donors (Lipinski definition) is 0. The van der Waals surface area contributed by atoms with Gasteiger partial charge in [-0.1, -0.05) is 30.3 Å². The van der Waals surface area contributed by atoms with Crippen molar-refractivity contribution in [3.05, 3.63) is 35.9 Å². The van der Waals surface area contributed by atoms with Gasteiger partial charge in [0, 0.05) is 53.1 Å². The molecular formula is C20H27N3O3. The molecule has 2 saturated heterocycles. The molecule has 0 aliphatic carbocycles. The van der Waals surface area contributed by atoms with Gasteiger partial charge in [-0.25, -0.2) is 0 Å². The van der Waals surface area contributed by atoms with Crippen molar-refractivity contribution in [1.29, 1.82) is 0 Å². The van der Waals surface area contributed by atoms with E-state index in [1.165, 1.54) is 0 Å². The molecule has 3 rings (SSSR count). The van der Waals surface area contributed by atoms with Crippen molar-refractivity contribution in [2.75, 3.05) is 39.3 Å². The van der Waals surface area contributed by atoms with Crippen LogP contribution in [0.2, 0.25) is 0 Å². The van der Waals surface area contributed by atoms with E-state index in [2.05, 4.69) is 0 Å². The standard InChI is InChI=1S/C20H27N3O3/c1-16(24)21-10-8-20(9-11-21,18-6-4-3-5-7-18)19(26)23-14-12-22(13-15-23)17(2)25/h3-7H,8-15H2,1-2H3. The summed E-state index contributed by atoms with van der Waals surface area (Å²) in [5.41, 5.74) is 0.452. The minimum Gasteiger partial charge on any atom is -0.343 e. The Morgan fingerprint density at radius 3 is 1.69 bits per heavy atom. The van der Waals surface area contributed by atoms with Gasteiger partial charge in [-0.3, -0.25) is 14.4 Å². The minimum absolute atomic E-state index is 0.0599. The second-order valence-electron chi connectivity index (χ2n) is 7.25. The molecule has 0 N–H and O–H groups in total. The number of piperidine rings is 1. The van der Waals surface area contributed by atoms with Gasteiger partial charge in [0.1, 0.15) is 0 Å².